The summed E-state index contributed by atoms with van der Waals surface area (Å²) in [6.07, 6.45) is 1.07. The Bertz CT molecular complexity index is 607. The number of nitrogens with one attached hydrogen (secondary N) is 1. The summed E-state index contributed by atoms with van der Waals surface area (Å²) in [6.45, 7) is 0.816. The lowest BCUT2D eigenvalue weighted by atomic mass is 10.2. The van der Waals surface area contributed by atoms with Crippen LogP contribution in [0.5, 0.6) is 0 Å². The Hall–Kier alpha value is -1.08. The van der Waals surface area contributed by atoms with E-state index in [0.29, 0.717) is 17.5 Å². The van der Waals surface area contributed by atoms with Gasteiger partial charge >= 0.3 is 0 Å². The molecule has 112 valence electrons. The zero-order chi connectivity index (χ0) is 14.7. The molecule has 5 nitrogen and oxygen atoms in total. The van der Waals surface area contributed by atoms with Crippen molar-refractivity contribution in [1.82, 2.24) is 15.5 Å². The highest BCUT2D eigenvalue weighted by molar-refractivity contribution is 7.98. The van der Waals surface area contributed by atoms with E-state index >= 15 is 0 Å². The minimum absolute atomic E-state index is 0.0902. The highest BCUT2D eigenvalue weighted by Crippen LogP contribution is 2.26. The third-order valence-corrected chi connectivity index (χ3v) is 4.59. The summed E-state index contributed by atoms with van der Waals surface area (Å²) in [7, 11) is 1.72. The van der Waals surface area contributed by atoms with E-state index in [4.69, 9.17) is 20.9 Å². The molecule has 1 aromatic heterocycles. The topological polar surface area (TPSA) is 60.2 Å². The molecule has 0 bridgehead atoms. The van der Waals surface area contributed by atoms with Crippen molar-refractivity contribution in [3.63, 3.8) is 0 Å². The van der Waals surface area contributed by atoms with Crippen LogP contribution in [0.2, 0.25) is 5.02 Å². The largest absolute Gasteiger partial charge is 0.380 e. The first kappa shape index (κ1) is 14.8. The monoisotopic (exact) mass is 325 g/mol. The van der Waals surface area contributed by atoms with Crippen LogP contribution < -0.4 is 5.32 Å². The lowest BCUT2D eigenvalue weighted by molar-refractivity contribution is 0.116. The summed E-state index contributed by atoms with van der Waals surface area (Å²) in [6, 6.07) is 7.82. The van der Waals surface area contributed by atoms with Gasteiger partial charge in [-0.15, -0.1) is 11.8 Å². The van der Waals surface area contributed by atoms with E-state index in [9.17, 15) is 0 Å². The van der Waals surface area contributed by atoms with Gasteiger partial charge in [-0.2, -0.15) is 4.98 Å². The summed E-state index contributed by atoms with van der Waals surface area (Å²) in [5.74, 6) is 1.98. The van der Waals surface area contributed by atoms with Gasteiger partial charge in [0.15, 0.2) is 5.82 Å². The zero-order valence-electron chi connectivity index (χ0n) is 11.6. The summed E-state index contributed by atoms with van der Waals surface area (Å²) in [4.78, 5) is 5.54. The minimum Gasteiger partial charge on any atom is -0.380 e. The number of hydrogen-bond donors (Lipinski definition) is 1. The molecular weight excluding hydrogens is 310 g/mol. The van der Waals surface area contributed by atoms with Crippen molar-refractivity contribution in [2.75, 3.05) is 13.7 Å². The van der Waals surface area contributed by atoms with Crippen LogP contribution in [0.1, 0.15) is 24.2 Å². The molecule has 0 amide bonds. The van der Waals surface area contributed by atoms with Crippen LogP contribution in [0.25, 0.3) is 0 Å². The van der Waals surface area contributed by atoms with Crippen molar-refractivity contribution in [2.45, 2.75) is 29.2 Å². The fourth-order valence-corrected chi connectivity index (χ4v) is 3.30. The molecule has 2 heterocycles. The Morgan fingerprint density at radius 3 is 3.19 bits per heavy atom. The average Bonchev–Trinajstić information content (AvgIpc) is 3.14. The third kappa shape index (κ3) is 3.77. The SMILES string of the molecule is COC1CNC(c2nc(CSc3cccc(Cl)c3)no2)C1. The molecule has 1 aromatic carbocycles. The number of methoxy groups -OCH3 is 1. The number of nitrogens with zero attached hydrogens (tertiary/aromatic N) is 2. The van der Waals surface area contributed by atoms with Crippen molar-refractivity contribution in [2.24, 2.45) is 0 Å². The smallest absolute Gasteiger partial charge is 0.243 e. The second-order valence-electron chi connectivity index (χ2n) is 4.85. The Kier molecular flexibility index (Phi) is 4.80. The zero-order valence-corrected chi connectivity index (χ0v) is 13.2. The highest BCUT2D eigenvalue weighted by Gasteiger charge is 2.29. The number of rotatable bonds is 5. The van der Waals surface area contributed by atoms with Crippen molar-refractivity contribution < 1.29 is 9.26 Å². The van der Waals surface area contributed by atoms with Crippen LogP contribution in [0.15, 0.2) is 33.7 Å². The predicted molar refractivity (Wildman–Crippen MR) is 81.5 cm³/mol. The maximum absolute atomic E-state index is 5.96. The van der Waals surface area contributed by atoms with Gasteiger partial charge in [-0.3, -0.25) is 0 Å². The summed E-state index contributed by atoms with van der Waals surface area (Å²) in [5, 5.41) is 8.08. The van der Waals surface area contributed by atoms with Gasteiger partial charge in [0.25, 0.3) is 0 Å². The Labute approximate surface area is 132 Å². The van der Waals surface area contributed by atoms with Gasteiger partial charge < -0.3 is 14.6 Å². The second-order valence-corrected chi connectivity index (χ2v) is 6.33. The van der Waals surface area contributed by atoms with Crippen LogP contribution in [0, 0.1) is 0 Å². The maximum atomic E-state index is 5.96. The van der Waals surface area contributed by atoms with Gasteiger partial charge in [0.1, 0.15) is 0 Å². The Balaban J connectivity index is 1.58. The van der Waals surface area contributed by atoms with Gasteiger partial charge in [-0.05, 0) is 24.6 Å². The van der Waals surface area contributed by atoms with E-state index in [1.54, 1.807) is 18.9 Å². The van der Waals surface area contributed by atoms with Crippen LogP contribution in [-0.4, -0.2) is 29.9 Å². The molecule has 3 rings (SSSR count). The molecule has 0 aliphatic carbocycles. The molecule has 2 aromatic rings. The van der Waals surface area contributed by atoms with Crippen molar-refractivity contribution in [3.05, 3.63) is 41.0 Å². The van der Waals surface area contributed by atoms with Crippen molar-refractivity contribution in [3.8, 4) is 0 Å². The van der Waals surface area contributed by atoms with Gasteiger partial charge in [-0.1, -0.05) is 22.8 Å². The molecular formula is C14H16ClN3O2S. The number of ether oxygens (including phenoxy) is 1. The van der Waals surface area contributed by atoms with Gasteiger partial charge in [0.05, 0.1) is 17.9 Å². The molecule has 1 N–H and O–H groups in total. The van der Waals surface area contributed by atoms with E-state index in [2.05, 4.69) is 15.5 Å². The molecule has 1 saturated heterocycles. The number of halogens is 1. The van der Waals surface area contributed by atoms with E-state index in [1.807, 2.05) is 24.3 Å². The second kappa shape index (κ2) is 6.79. The van der Waals surface area contributed by atoms with E-state index < -0.39 is 0 Å². The normalized spacial score (nSPS) is 21.8. The summed E-state index contributed by atoms with van der Waals surface area (Å²) < 4.78 is 10.7. The Morgan fingerprint density at radius 1 is 1.52 bits per heavy atom. The number of aromatic nitrogens is 2. The molecule has 7 heteroatoms. The first-order chi connectivity index (χ1) is 10.2. The average molecular weight is 326 g/mol. The number of thioether (sulfide) groups is 1. The Morgan fingerprint density at radius 2 is 2.43 bits per heavy atom. The van der Waals surface area contributed by atoms with Gasteiger partial charge in [0, 0.05) is 23.6 Å². The number of benzene rings is 1. The van der Waals surface area contributed by atoms with Crippen LogP contribution >= 0.6 is 23.4 Å². The molecule has 0 spiro atoms. The quantitative estimate of drug-likeness (QED) is 0.853. The fourth-order valence-electron chi connectivity index (χ4n) is 2.24. The fraction of sp³-hybridized carbons (Fsp3) is 0.429. The molecule has 21 heavy (non-hydrogen) atoms. The van der Waals surface area contributed by atoms with E-state index in [1.165, 1.54) is 0 Å². The highest BCUT2D eigenvalue weighted by atomic mass is 35.5. The van der Waals surface area contributed by atoms with Crippen LogP contribution in [-0.2, 0) is 10.5 Å². The van der Waals surface area contributed by atoms with Crippen molar-refractivity contribution in [1.29, 1.82) is 0 Å². The molecule has 2 unspecified atom stereocenters. The molecule has 1 aliphatic rings. The molecule has 1 fully saturated rings. The van der Waals surface area contributed by atoms with Crippen molar-refractivity contribution >= 4 is 23.4 Å². The maximum Gasteiger partial charge on any atom is 0.243 e. The lowest BCUT2D eigenvalue weighted by Crippen LogP contribution is -2.16. The molecule has 2 atom stereocenters. The first-order valence-electron chi connectivity index (χ1n) is 6.71. The molecule has 0 saturated carbocycles. The predicted octanol–water partition coefficient (Wildman–Crippen LogP) is 3.06. The minimum atomic E-state index is 0.0902. The standard InChI is InChI=1S/C14H16ClN3O2S/c1-19-10-6-12(16-7-10)14-17-13(18-20-14)8-21-11-4-2-3-9(15)5-11/h2-5,10,12,16H,6-8H2,1H3. The molecule has 1 aliphatic heterocycles. The summed E-state index contributed by atoms with van der Waals surface area (Å²) in [5.41, 5.74) is 0. The van der Waals surface area contributed by atoms with Gasteiger partial charge in [0.2, 0.25) is 5.89 Å². The van der Waals surface area contributed by atoms with Gasteiger partial charge in [-0.25, -0.2) is 0 Å². The third-order valence-electron chi connectivity index (χ3n) is 3.37. The van der Waals surface area contributed by atoms with Crippen LogP contribution in [0.4, 0.5) is 0 Å². The van der Waals surface area contributed by atoms with Crippen LogP contribution in [0.3, 0.4) is 0 Å². The first-order valence-corrected chi connectivity index (χ1v) is 8.08. The van der Waals surface area contributed by atoms with E-state index in [-0.39, 0.29) is 12.1 Å². The molecule has 0 radical (unpaired) electrons. The lowest BCUT2D eigenvalue weighted by Gasteiger charge is -2.04. The van der Waals surface area contributed by atoms with E-state index in [0.717, 1.165) is 22.9 Å². The summed E-state index contributed by atoms with van der Waals surface area (Å²) >= 11 is 7.60. The number of hydrogen-bond acceptors (Lipinski definition) is 6.